The summed E-state index contributed by atoms with van der Waals surface area (Å²) in [6, 6.07) is 12.1. The van der Waals surface area contributed by atoms with Crippen molar-refractivity contribution in [1.29, 1.82) is 0 Å². The van der Waals surface area contributed by atoms with Gasteiger partial charge in [-0.05, 0) is 29.3 Å². The molecule has 0 aliphatic carbocycles. The molecule has 0 fully saturated rings. The Morgan fingerprint density at radius 3 is 2.38 bits per heavy atom. The van der Waals surface area contributed by atoms with Crippen LogP contribution >= 0.6 is 0 Å². The smallest absolute Gasteiger partial charge is 0.459 e. The number of fused-ring (bicyclic) bond motifs is 3. The molecule has 6 nitrogen and oxygen atoms in total. The second-order valence-electron chi connectivity index (χ2n) is 6.67. The largest absolute Gasteiger partial charge is 0.478 e. The summed E-state index contributed by atoms with van der Waals surface area (Å²) in [6.45, 7) is 3.23. The molecule has 4 rings (SSSR count). The van der Waals surface area contributed by atoms with Crippen molar-refractivity contribution in [1.82, 2.24) is 14.4 Å². The van der Waals surface area contributed by atoms with E-state index in [2.05, 4.69) is 26.9 Å². The van der Waals surface area contributed by atoms with Gasteiger partial charge < -0.3 is 4.74 Å². The molecule has 0 N–H and O–H groups in total. The summed E-state index contributed by atoms with van der Waals surface area (Å²) in [5.74, 6) is -5.18. The summed E-state index contributed by atoms with van der Waals surface area (Å²) in [6.07, 6.45) is -4.45. The van der Waals surface area contributed by atoms with Gasteiger partial charge in [-0.15, -0.1) is 5.10 Å². The van der Waals surface area contributed by atoms with Crippen molar-refractivity contribution in [3.8, 4) is 11.1 Å². The number of hydrogen-bond acceptors (Lipinski definition) is 5. The van der Waals surface area contributed by atoms with Crippen molar-refractivity contribution in [2.75, 3.05) is 7.11 Å². The van der Waals surface area contributed by atoms with E-state index in [1.54, 1.807) is 42.5 Å². The van der Waals surface area contributed by atoms with E-state index in [1.807, 2.05) is 0 Å². The molecule has 0 aliphatic rings. The number of nitrogens with zero attached hydrogens (tertiary/aromatic N) is 5. The second kappa shape index (κ2) is 7.66. The highest BCUT2D eigenvalue weighted by Gasteiger charge is 2.60. The van der Waals surface area contributed by atoms with Gasteiger partial charge in [0.05, 0.1) is 7.11 Å². The third-order valence-corrected chi connectivity index (χ3v) is 4.74. The standard InChI is InChI=1S/C21H14F5N5O/c1-27-30-19(32-2)15-11-31-17(28-15)9-8-13-14(12-6-4-3-5-7-12)10-16(29-18(13)31)20(22,23)21(24,25)26/h3-11H,1H2,2H3/b30-19-. The molecule has 0 amide bonds. The Labute approximate surface area is 177 Å². The Bertz CT molecular complexity index is 1350. The number of methoxy groups -OCH3 is 1. The van der Waals surface area contributed by atoms with E-state index >= 15 is 0 Å². The predicted molar refractivity (Wildman–Crippen MR) is 109 cm³/mol. The van der Waals surface area contributed by atoms with E-state index in [1.165, 1.54) is 17.7 Å². The van der Waals surface area contributed by atoms with Gasteiger partial charge in [0.15, 0.2) is 0 Å². The molecular formula is C21H14F5N5O. The molecule has 11 heteroatoms. The zero-order valence-corrected chi connectivity index (χ0v) is 16.4. The lowest BCUT2D eigenvalue weighted by atomic mass is 10.00. The van der Waals surface area contributed by atoms with Gasteiger partial charge in [-0.3, -0.25) is 4.40 Å². The minimum absolute atomic E-state index is 0.0168. The van der Waals surface area contributed by atoms with Crippen LogP contribution in [0, 0.1) is 0 Å². The zero-order valence-electron chi connectivity index (χ0n) is 16.4. The molecule has 0 spiro atoms. The Morgan fingerprint density at radius 2 is 1.75 bits per heavy atom. The van der Waals surface area contributed by atoms with Crippen molar-refractivity contribution in [3.05, 3.63) is 66.1 Å². The molecule has 164 valence electrons. The van der Waals surface area contributed by atoms with Crippen molar-refractivity contribution < 1.29 is 26.7 Å². The first-order valence-corrected chi connectivity index (χ1v) is 9.08. The number of hydrogen-bond donors (Lipinski definition) is 0. The predicted octanol–water partition coefficient (Wildman–Crippen LogP) is 5.21. The molecule has 1 aromatic carbocycles. The fourth-order valence-corrected chi connectivity index (χ4v) is 3.26. The molecule has 0 bridgehead atoms. The van der Waals surface area contributed by atoms with Crippen LogP contribution in [0.1, 0.15) is 11.4 Å². The Morgan fingerprint density at radius 1 is 1.03 bits per heavy atom. The number of alkyl halides is 5. The third-order valence-electron chi connectivity index (χ3n) is 4.74. The van der Waals surface area contributed by atoms with Crippen LogP contribution in [0.5, 0.6) is 0 Å². The molecular weight excluding hydrogens is 433 g/mol. The molecule has 0 unspecified atom stereocenters. The summed E-state index contributed by atoms with van der Waals surface area (Å²) in [7, 11) is 1.32. The van der Waals surface area contributed by atoms with Crippen LogP contribution in [-0.2, 0) is 10.7 Å². The molecule has 0 radical (unpaired) electrons. The minimum Gasteiger partial charge on any atom is -0.478 e. The Kier molecular flexibility index (Phi) is 5.11. The van der Waals surface area contributed by atoms with E-state index in [9.17, 15) is 22.0 Å². The van der Waals surface area contributed by atoms with Gasteiger partial charge in [-0.2, -0.15) is 27.1 Å². The van der Waals surface area contributed by atoms with Crippen LogP contribution in [0.4, 0.5) is 22.0 Å². The summed E-state index contributed by atoms with van der Waals surface area (Å²) in [5, 5.41) is 7.41. The maximum absolute atomic E-state index is 14.3. The monoisotopic (exact) mass is 447 g/mol. The zero-order chi connectivity index (χ0) is 23.1. The van der Waals surface area contributed by atoms with Gasteiger partial charge in [0.25, 0.3) is 5.90 Å². The van der Waals surface area contributed by atoms with Crippen LogP contribution in [0.15, 0.2) is 64.9 Å². The lowest BCUT2D eigenvalue weighted by Gasteiger charge is -2.20. The number of benzene rings is 1. The van der Waals surface area contributed by atoms with E-state index in [-0.39, 0.29) is 28.4 Å². The highest BCUT2D eigenvalue weighted by molar-refractivity contribution is 5.96. The molecule has 4 aromatic rings. The lowest BCUT2D eigenvalue weighted by Crippen LogP contribution is -2.34. The van der Waals surface area contributed by atoms with E-state index in [4.69, 9.17) is 4.74 Å². The van der Waals surface area contributed by atoms with Crippen LogP contribution in [0.25, 0.3) is 27.8 Å². The number of pyridine rings is 2. The number of aromatic nitrogens is 3. The maximum Gasteiger partial charge on any atom is 0.459 e. The number of ether oxygens (including phenoxy) is 1. The van der Waals surface area contributed by atoms with E-state index in [0.29, 0.717) is 10.9 Å². The highest BCUT2D eigenvalue weighted by atomic mass is 19.4. The van der Waals surface area contributed by atoms with Gasteiger partial charge in [0, 0.05) is 18.3 Å². The minimum atomic E-state index is -5.82. The molecule has 0 saturated heterocycles. The van der Waals surface area contributed by atoms with Crippen molar-refractivity contribution in [3.63, 3.8) is 0 Å². The Balaban J connectivity index is 2.09. The maximum atomic E-state index is 14.3. The molecule has 0 saturated carbocycles. The average molecular weight is 447 g/mol. The van der Waals surface area contributed by atoms with Crippen molar-refractivity contribution in [2.45, 2.75) is 12.1 Å². The van der Waals surface area contributed by atoms with Crippen LogP contribution < -0.4 is 0 Å². The molecule has 0 aliphatic heterocycles. The summed E-state index contributed by atoms with van der Waals surface area (Å²) in [5.41, 5.74) is -0.534. The van der Waals surface area contributed by atoms with E-state index < -0.39 is 17.8 Å². The molecule has 0 atom stereocenters. The third kappa shape index (κ3) is 3.45. The number of imidazole rings is 1. The summed E-state index contributed by atoms with van der Waals surface area (Å²) >= 11 is 0. The quantitative estimate of drug-likeness (QED) is 0.187. The highest BCUT2D eigenvalue weighted by Crippen LogP contribution is 2.45. The van der Waals surface area contributed by atoms with Crippen molar-refractivity contribution >= 4 is 29.3 Å². The van der Waals surface area contributed by atoms with Gasteiger partial charge in [-0.1, -0.05) is 30.3 Å². The Hall–Kier alpha value is -3.89. The van der Waals surface area contributed by atoms with Gasteiger partial charge in [0.2, 0.25) is 0 Å². The second-order valence-corrected chi connectivity index (χ2v) is 6.67. The van der Waals surface area contributed by atoms with Gasteiger partial charge >= 0.3 is 12.1 Å². The lowest BCUT2D eigenvalue weighted by molar-refractivity contribution is -0.290. The SMILES string of the molecule is C=N/N=C(\OC)c1cn2c(ccc3c(-c4ccccc4)cc(C(F)(F)C(F)(F)F)nc32)n1. The van der Waals surface area contributed by atoms with Crippen molar-refractivity contribution in [2.24, 2.45) is 10.2 Å². The first-order chi connectivity index (χ1) is 15.2. The summed E-state index contributed by atoms with van der Waals surface area (Å²) < 4.78 is 74.4. The fourth-order valence-electron chi connectivity index (χ4n) is 3.26. The van der Waals surface area contributed by atoms with Crippen LogP contribution in [0.2, 0.25) is 0 Å². The first-order valence-electron chi connectivity index (χ1n) is 9.08. The summed E-state index contributed by atoms with van der Waals surface area (Å²) in [4.78, 5) is 7.97. The first kappa shape index (κ1) is 21.3. The molecule has 32 heavy (non-hydrogen) atoms. The number of halogens is 5. The van der Waals surface area contributed by atoms with Crippen LogP contribution in [-0.4, -0.2) is 40.3 Å². The van der Waals surface area contributed by atoms with Gasteiger partial charge in [0.1, 0.15) is 22.7 Å². The van der Waals surface area contributed by atoms with Crippen LogP contribution in [0.3, 0.4) is 0 Å². The topological polar surface area (TPSA) is 64.1 Å². The number of rotatable bonds is 4. The molecule has 3 aromatic heterocycles. The molecule has 3 heterocycles. The fraction of sp³-hybridized carbons (Fsp3) is 0.143. The normalized spacial score (nSPS) is 13.0. The van der Waals surface area contributed by atoms with Gasteiger partial charge in [-0.25, -0.2) is 9.97 Å². The van der Waals surface area contributed by atoms with E-state index in [0.717, 1.165) is 6.07 Å². The average Bonchev–Trinajstić information content (AvgIpc) is 3.21.